The molecule has 0 spiro atoms. The largest absolute Gasteiger partial charge is 0.373 e. The van der Waals surface area contributed by atoms with Crippen LogP contribution >= 0.6 is 15.9 Å². The number of benzene rings is 2. The van der Waals surface area contributed by atoms with Crippen molar-refractivity contribution in [1.82, 2.24) is 5.16 Å². The Bertz CT molecular complexity index is 841. The van der Waals surface area contributed by atoms with Crippen molar-refractivity contribution >= 4 is 21.7 Å². The summed E-state index contributed by atoms with van der Waals surface area (Å²) in [6, 6.07) is 17.6. The SMILES string of the molecule is Cc1noc(-c2ccc(Br)cc2)c1C(=O)COCCc1ccccc1. The first-order valence-electron chi connectivity index (χ1n) is 8.02. The van der Waals surface area contributed by atoms with E-state index >= 15 is 0 Å². The first-order chi connectivity index (χ1) is 12.1. The van der Waals surface area contributed by atoms with Crippen LogP contribution < -0.4 is 0 Å². The van der Waals surface area contributed by atoms with Gasteiger partial charge < -0.3 is 9.26 Å². The molecule has 0 N–H and O–H groups in total. The third-order valence-corrected chi connectivity index (χ3v) is 4.39. The molecule has 2 aromatic carbocycles. The third-order valence-electron chi connectivity index (χ3n) is 3.86. The number of carbonyl (C=O) groups is 1. The number of aryl methyl sites for hydroxylation is 1. The molecule has 1 aromatic heterocycles. The van der Waals surface area contributed by atoms with Crippen molar-refractivity contribution in [1.29, 1.82) is 0 Å². The molecule has 0 radical (unpaired) electrons. The van der Waals surface area contributed by atoms with Gasteiger partial charge in [-0.05, 0) is 43.2 Å². The van der Waals surface area contributed by atoms with Crippen molar-refractivity contribution < 1.29 is 14.1 Å². The van der Waals surface area contributed by atoms with Crippen LogP contribution in [0.25, 0.3) is 11.3 Å². The van der Waals surface area contributed by atoms with E-state index in [0.717, 1.165) is 16.5 Å². The number of nitrogens with zero attached hydrogens (tertiary/aromatic N) is 1. The van der Waals surface area contributed by atoms with E-state index in [4.69, 9.17) is 9.26 Å². The van der Waals surface area contributed by atoms with Gasteiger partial charge in [0.25, 0.3) is 0 Å². The molecule has 0 saturated carbocycles. The Balaban J connectivity index is 1.64. The summed E-state index contributed by atoms with van der Waals surface area (Å²) in [7, 11) is 0. The first kappa shape index (κ1) is 17.6. The molecule has 0 unspecified atom stereocenters. The van der Waals surface area contributed by atoms with Crippen molar-refractivity contribution in [3.05, 3.63) is 75.9 Å². The van der Waals surface area contributed by atoms with Crippen LogP contribution in [0.4, 0.5) is 0 Å². The molecule has 0 aliphatic rings. The molecule has 3 aromatic rings. The van der Waals surface area contributed by atoms with Gasteiger partial charge >= 0.3 is 0 Å². The van der Waals surface area contributed by atoms with E-state index in [-0.39, 0.29) is 12.4 Å². The lowest BCUT2D eigenvalue weighted by Gasteiger charge is -2.05. The Labute approximate surface area is 154 Å². The maximum atomic E-state index is 12.6. The predicted molar refractivity (Wildman–Crippen MR) is 99.7 cm³/mol. The average Bonchev–Trinajstić information content (AvgIpc) is 3.02. The van der Waals surface area contributed by atoms with Crippen LogP contribution in [-0.4, -0.2) is 24.2 Å². The highest BCUT2D eigenvalue weighted by Gasteiger charge is 2.21. The predicted octanol–water partition coefficient (Wildman–Crippen LogP) is 4.85. The molecule has 0 fully saturated rings. The van der Waals surface area contributed by atoms with Crippen LogP contribution in [0.3, 0.4) is 0 Å². The summed E-state index contributed by atoms with van der Waals surface area (Å²) in [4.78, 5) is 12.6. The topological polar surface area (TPSA) is 52.3 Å². The van der Waals surface area contributed by atoms with Crippen molar-refractivity contribution in [2.24, 2.45) is 0 Å². The second-order valence-electron chi connectivity index (χ2n) is 5.69. The van der Waals surface area contributed by atoms with Crippen LogP contribution in [0.5, 0.6) is 0 Å². The summed E-state index contributed by atoms with van der Waals surface area (Å²) in [6.45, 7) is 2.27. The van der Waals surface area contributed by atoms with Gasteiger partial charge in [0, 0.05) is 10.0 Å². The minimum absolute atomic E-state index is 0.0123. The Morgan fingerprint density at radius 2 is 1.84 bits per heavy atom. The summed E-state index contributed by atoms with van der Waals surface area (Å²) in [5.74, 6) is 0.367. The second-order valence-corrected chi connectivity index (χ2v) is 6.61. The fourth-order valence-corrected chi connectivity index (χ4v) is 2.83. The molecular formula is C20H18BrNO3. The smallest absolute Gasteiger partial charge is 0.194 e. The number of ether oxygens (including phenoxy) is 1. The van der Waals surface area contributed by atoms with Crippen molar-refractivity contribution in [3.8, 4) is 11.3 Å². The van der Waals surface area contributed by atoms with Gasteiger partial charge in [-0.15, -0.1) is 0 Å². The highest BCUT2D eigenvalue weighted by molar-refractivity contribution is 9.10. The molecule has 5 heteroatoms. The lowest BCUT2D eigenvalue weighted by atomic mass is 10.0. The molecule has 1 heterocycles. The normalized spacial score (nSPS) is 10.8. The Hall–Kier alpha value is -2.24. The maximum absolute atomic E-state index is 12.6. The third kappa shape index (κ3) is 4.44. The number of hydrogen-bond acceptors (Lipinski definition) is 4. The van der Waals surface area contributed by atoms with E-state index in [1.54, 1.807) is 6.92 Å². The number of hydrogen-bond donors (Lipinski definition) is 0. The molecular weight excluding hydrogens is 382 g/mol. The molecule has 0 atom stereocenters. The standard InChI is InChI=1S/C20H18BrNO3/c1-14-19(20(25-22-14)16-7-9-17(21)10-8-16)18(23)13-24-12-11-15-5-3-2-4-6-15/h2-10H,11-13H2,1H3. The fraction of sp³-hybridized carbons (Fsp3) is 0.200. The monoisotopic (exact) mass is 399 g/mol. The van der Waals surface area contributed by atoms with Crippen molar-refractivity contribution in [3.63, 3.8) is 0 Å². The summed E-state index contributed by atoms with van der Waals surface area (Å²) in [5.41, 5.74) is 3.07. The lowest BCUT2D eigenvalue weighted by molar-refractivity contribution is 0.0765. The quantitative estimate of drug-likeness (QED) is 0.420. The van der Waals surface area contributed by atoms with Crippen LogP contribution in [0.2, 0.25) is 0 Å². The number of rotatable bonds is 7. The minimum Gasteiger partial charge on any atom is -0.373 e. The van der Waals surface area contributed by atoms with Gasteiger partial charge in [0.15, 0.2) is 11.5 Å². The molecule has 0 amide bonds. The summed E-state index contributed by atoms with van der Waals surface area (Å²) >= 11 is 3.40. The van der Waals surface area contributed by atoms with E-state index in [2.05, 4.69) is 21.1 Å². The zero-order valence-corrected chi connectivity index (χ0v) is 15.5. The molecule has 25 heavy (non-hydrogen) atoms. The van der Waals surface area contributed by atoms with E-state index < -0.39 is 0 Å². The van der Waals surface area contributed by atoms with Gasteiger partial charge in [-0.25, -0.2) is 0 Å². The Kier molecular flexibility index (Phi) is 5.79. The second kappa shape index (κ2) is 8.23. The zero-order valence-electron chi connectivity index (χ0n) is 13.9. The number of halogens is 1. The first-order valence-corrected chi connectivity index (χ1v) is 8.81. The highest BCUT2D eigenvalue weighted by atomic mass is 79.9. The molecule has 128 valence electrons. The number of aromatic nitrogens is 1. The Morgan fingerprint density at radius 3 is 2.56 bits per heavy atom. The van der Waals surface area contributed by atoms with E-state index in [9.17, 15) is 4.79 Å². The lowest BCUT2D eigenvalue weighted by Crippen LogP contribution is -2.12. The number of Topliss-reactive ketones (excluding diaryl/α,β-unsaturated/α-hetero) is 1. The Morgan fingerprint density at radius 1 is 1.12 bits per heavy atom. The summed E-state index contributed by atoms with van der Waals surface area (Å²) in [5, 5.41) is 3.95. The fourth-order valence-electron chi connectivity index (χ4n) is 2.57. The van der Waals surface area contributed by atoms with Crippen LogP contribution in [-0.2, 0) is 11.2 Å². The summed E-state index contributed by atoms with van der Waals surface area (Å²) < 4.78 is 11.9. The number of ketones is 1. The van der Waals surface area contributed by atoms with Gasteiger partial charge in [-0.1, -0.05) is 51.4 Å². The van der Waals surface area contributed by atoms with Crippen LogP contribution in [0.1, 0.15) is 21.6 Å². The zero-order chi connectivity index (χ0) is 17.6. The van der Waals surface area contributed by atoms with E-state index in [1.807, 2.05) is 54.6 Å². The van der Waals surface area contributed by atoms with Crippen LogP contribution in [0.15, 0.2) is 63.6 Å². The summed E-state index contributed by atoms with van der Waals surface area (Å²) in [6.07, 6.45) is 0.774. The molecule has 3 rings (SSSR count). The van der Waals surface area contributed by atoms with Gasteiger partial charge in [-0.3, -0.25) is 4.79 Å². The van der Waals surface area contributed by atoms with Gasteiger partial charge in [0.2, 0.25) is 0 Å². The average molecular weight is 400 g/mol. The van der Waals surface area contributed by atoms with E-state index in [1.165, 1.54) is 5.56 Å². The molecule has 0 saturated heterocycles. The van der Waals surface area contributed by atoms with Gasteiger partial charge in [-0.2, -0.15) is 0 Å². The molecule has 0 bridgehead atoms. The van der Waals surface area contributed by atoms with E-state index in [0.29, 0.717) is 23.6 Å². The minimum atomic E-state index is -0.121. The maximum Gasteiger partial charge on any atom is 0.194 e. The van der Waals surface area contributed by atoms with Crippen molar-refractivity contribution in [2.45, 2.75) is 13.3 Å². The molecule has 0 aliphatic carbocycles. The van der Waals surface area contributed by atoms with Gasteiger partial charge in [0.05, 0.1) is 17.9 Å². The highest BCUT2D eigenvalue weighted by Crippen LogP contribution is 2.27. The number of carbonyl (C=O) groups excluding carboxylic acids is 1. The molecule has 4 nitrogen and oxygen atoms in total. The van der Waals surface area contributed by atoms with Crippen molar-refractivity contribution in [2.75, 3.05) is 13.2 Å². The molecule has 0 aliphatic heterocycles. The van der Waals surface area contributed by atoms with Crippen LogP contribution in [0, 0.1) is 6.92 Å². The van der Waals surface area contributed by atoms with Gasteiger partial charge in [0.1, 0.15) is 6.61 Å².